The summed E-state index contributed by atoms with van der Waals surface area (Å²) < 4.78 is 1.96. The highest BCUT2D eigenvalue weighted by atomic mass is 15.3. The average Bonchev–Trinajstić information content (AvgIpc) is 3.14. The van der Waals surface area contributed by atoms with Crippen LogP contribution in [0.15, 0.2) is 60.8 Å². The van der Waals surface area contributed by atoms with Gasteiger partial charge in [0.25, 0.3) is 0 Å². The zero-order valence-electron chi connectivity index (χ0n) is 17.3. The molecule has 1 fully saturated rings. The highest BCUT2D eigenvalue weighted by Crippen LogP contribution is 2.27. The quantitative estimate of drug-likeness (QED) is 0.674. The number of likely N-dealkylation sites (tertiary alicyclic amines) is 1. The van der Waals surface area contributed by atoms with Crippen LogP contribution in [0.25, 0.3) is 11.3 Å². The van der Waals surface area contributed by atoms with Gasteiger partial charge in [-0.1, -0.05) is 54.6 Å². The minimum Gasteiger partial charge on any atom is -0.297 e. The maximum Gasteiger partial charge on any atom is 0.0968 e. The van der Waals surface area contributed by atoms with Gasteiger partial charge in [0.05, 0.1) is 5.69 Å². The topological polar surface area (TPSA) is 24.3 Å². The molecule has 0 spiro atoms. The van der Waals surface area contributed by atoms with Crippen LogP contribution >= 0.6 is 0 Å². The van der Waals surface area contributed by atoms with Crippen LogP contribution in [-0.2, 0) is 26.6 Å². The molecule has 29 heavy (non-hydrogen) atoms. The summed E-state index contributed by atoms with van der Waals surface area (Å²) in [5.74, 6) is 0. The zero-order chi connectivity index (χ0) is 19.6. The van der Waals surface area contributed by atoms with E-state index >= 15 is 0 Å². The van der Waals surface area contributed by atoms with Crippen molar-refractivity contribution in [2.24, 2.45) is 7.05 Å². The number of fused-ring (bicyclic) bond motifs is 1. The number of hydrogen-bond acceptors (Lipinski definition) is 3. The largest absolute Gasteiger partial charge is 0.297 e. The Bertz CT molecular complexity index is 962. The maximum atomic E-state index is 4.76. The Morgan fingerprint density at radius 3 is 2.62 bits per heavy atom. The van der Waals surface area contributed by atoms with Gasteiger partial charge in [0, 0.05) is 56.6 Å². The van der Waals surface area contributed by atoms with Crippen LogP contribution < -0.4 is 0 Å². The number of aromatic nitrogens is 2. The van der Waals surface area contributed by atoms with Crippen LogP contribution in [0.3, 0.4) is 0 Å². The van der Waals surface area contributed by atoms with Gasteiger partial charge in [0.1, 0.15) is 0 Å². The van der Waals surface area contributed by atoms with Gasteiger partial charge < -0.3 is 0 Å². The van der Waals surface area contributed by atoms with Gasteiger partial charge in [0.15, 0.2) is 0 Å². The van der Waals surface area contributed by atoms with E-state index in [-0.39, 0.29) is 0 Å². The van der Waals surface area contributed by atoms with Crippen LogP contribution in [0, 0.1) is 0 Å². The van der Waals surface area contributed by atoms with E-state index in [1.54, 1.807) is 5.56 Å². The molecule has 3 aromatic rings. The number of rotatable bonds is 4. The number of hydrogen-bond donors (Lipinski definition) is 0. The van der Waals surface area contributed by atoms with Crippen molar-refractivity contribution >= 4 is 0 Å². The fourth-order valence-corrected chi connectivity index (χ4v) is 5.04. The van der Waals surface area contributed by atoms with Gasteiger partial charge in [-0.15, -0.1) is 0 Å². The second-order valence-electron chi connectivity index (χ2n) is 8.56. The van der Waals surface area contributed by atoms with E-state index in [0.29, 0.717) is 6.04 Å². The molecule has 2 aromatic carbocycles. The second-order valence-corrected chi connectivity index (χ2v) is 8.56. The van der Waals surface area contributed by atoms with Gasteiger partial charge in [-0.05, 0) is 36.9 Å². The Hall–Kier alpha value is -2.43. The Kier molecular flexibility index (Phi) is 5.21. The maximum absolute atomic E-state index is 4.76. The third-order valence-electron chi connectivity index (χ3n) is 6.50. The van der Waals surface area contributed by atoms with Crippen molar-refractivity contribution < 1.29 is 0 Å². The lowest BCUT2D eigenvalue weighted by atomic mass is 9.96. The third-order valence-corrected chi connectivity index (χ3v) is 6.50. The summed E-state index contributed by atoms with van der Waals surface area (Å²) in [4.78, 5) is 5.36. The highest BCUT2D eigenvalue weighted by molar-refractivity contribution is 5.62. The minimum atomic E-state index is 0.661. The molecule has 2 aliphatic heterocycles. The minimum absolute atomic E-state index is 0.661. The van der Waals surface area contributed by atoms with E-state index in [9.17, 15) is 0 Å². The van der Waals surface area contributed by atoms with Crippen molar-refractivity contribution in [3.05, 3.63) is 77.5 Å². The molecule has 3 heterocycles. The first kappa shape index (κ1) is 18.6. The lowest BCUT2D eigenvalue weighted by molar-refractivity contribution is 0.0839. The van der Waals surface area contributed by atoms with E-state index in [0.717, 1.165) is 25.3 Å². The summed E-state index contributed by atoms with van der Waals surface area (Å²) in [7, 11) is 2.03. The Balaban J connectivity index is 1.29. The second kappa shape index (κ2) is 8.13. The van der Waals surface area contributed by atoms with Gasteiger partial charge in [-0.25, -0.2) is 0 Å². The van der Waals surface area contributed by atoms with Crippen LogP contribution in [0.2, 0.25) is 0 Å². The summed E-state index contributed by atoms with van der Waals surface area (Å²) in [6.07, 6.45) is 5.98. The molecular formula is C25H30N4. The van der Waals surface area contributed by atoms with E-state index < -0.39 is 0 Å². The van der Waals surface area contributed by atoms with E-state index in [2.05, 4.69) is 70.6 Å². The average molecular weight is 387 g/mol. The summed E-state index contributed by atoms with van der Waals surface area (Å²) in [6, 6.07) is 20.2. The number of nitrogens with zero attached hydrogens (tertiary/aromatic N) is 4. The molecule has 0 saturated carbocycles. The first-order valence-electron chi connectivity index (χ1n) is 10.9. The molecule has 0 bridgehead atoms. The van der Waals surface area contributed by atoms with Crippen molar-refractivity contribution in [1.29, 1.82) is 0 Å². The van der Waals surface area contributed by atoms with Crippen molar-refractivity contribution in [3.8, 4) is 11.3 Å². The molecule has 0 amide bonds. The molecule has 1 saturated heterocycles. The molecule has 4 nitrogen and oxygen atoms in total. The third kappa shape index (κ3) is 4.00. The lowest BCUT2D eigenvalue weighted by Crippen LogP contribution is -2.49. The molecule has 4 heteroatoms. The monoisotopic (exact) mass is 386 g/mol. The fourth-order valence-electron chi connectivity index (χ4n) is 5.04. The number of piperidine rings is 1. The molecule has 1 atom stereocenters. The summed E-state index contributed by atoms with van der Waals surface area (Å²) in [5, 5.41) is 4.76. The Labute approximate surface area is 173 Å². The smallest absolute Gasteiger partial charge is 0.0968 e. The van der Waals surface area contributed by atoms with Crippen LogP contribution in [-0.4, -0.2) is 45.3 Å². The summed E-state index contributed by atoms with van der Waals surface area (Å²) in [6.45, 7) is 5.63. The van der Waals surface area contributed by atoms with Gasteiger partial charge in [-0.2, -0.15) is 5.10 Å². The first-order chi connectivity index (χ1) is 14.3. The molecule has 2 aliphatic rings. The molecule has 1 aromatic heterocycles. The predicted octanol–water partition coefficient (Wildman–Crippen LogP) is 4.11. The molecule has 5 rings (SSSR count). The van der Waals surface area contributed by atoms with Gasteiger partial charge in [-0.3, -0.25) is 14.5 Å². The van der Waals surface area contributed by atoms with E-state index in [4.69, 9.17) is 5.10 Å². The first-order valence-corrected chi connectivity index (χ1v) is 10.9. The van der Waals surface area contributed by atoms with Crippen molar-refractivity contribution in [3.63, 3.8) is 0 Å². The predicted molar refractivity (Wildman–Crippen MR) is 117 cm³/mol. The Morgan fingerprint density at radius 1 is 0.966 bits per heavy atom. The molecule has 150 valence electrons. The summed E-state index contributed by atoms with van der Waals surface area (Å²) in [5.41, 5.74) is 6.74. The highest BCUT2D eigenvalue weighted by Gasteiger charge is 2.28. The normalized spacial score (nSPS) is 20.5. The molecule has 1 unspecified atom stereocenters. The van der Waals surface area contributed by atoms with Crippen molar-refractivity contribution in [2.75, 3.05) is 19.6 Å². The standard InChI is InChI=1S/C25H30N4/c1-27-16-23(25(26-27)21-9-3-2-4-10-21)17-28-14-7-12-24(19-28)29-15-13-20-8-5-6-11-22(20)18-29/h2-6,8-11,16,24H,7,12-15,17-19H2,1H3. The fraction of sp³-hybridized carbons (Fsp3) is 0.400. The SMILES string of the molecule is Cn1cc(CN2CCCC(N3CCc4ccccc4C3)C2)c(-c2ccccc2)n1. The molecular weight excluding hydrogens is 356 g/mol. The van der Waals surface area contributed by atoms with Crippen molar-refractivity contribution in [2.45, 2.75) is 38.4 Å². The van der Waals surface area contributed by atoms with Crippen LogP contribution in [0.1, 0.15) is 29.5 Å². The van der Waals surface area contributed by atoms with Crippen LogP contribution in [0.5, 0.6) is 0 Å². The number of aryl methyl sites for hydroxylation is 1. The van der Waals surface area contributed by atoms with E-state index in [1.165, 1.54) is 49.0 Å². The Morgan fingerprint density at radius 2 is 1.76 bits per heavy atom. The zero-order valence-corrected chi connectivity index (χ0v) is 17.3. The molecule has 0 radical (unpaired) electrons. The lowest BCUT2D eigenvalue weighted by Gasteiger charge is -2.41. The van der Waals surface area contributed by atoms with Crippen LogP contribution in [0.4, 0.5) is 0 Å². The molecule has 0 N–H and O–H groups in total. The molecule has 0 aliphatic carbocycles. The van der Waals surface area contributed by atoms with Crippen molar-refractivity contribution in [1.82, 2.24) is 19.6 Å². The van der Waals surface area contributed by atoms with Gasteiger partial charge >= 0.3 is 0 Å². The summed E-state index contributed by atoms with van der Waals surface area (Å²) >= 11 is 0. The van der Waals surface area contributed by atoms with Gasteiger partial charge in [0.2, 0.25) is 0 Å². The van der Waals surface area contributed by atoms with E-state index in [1.807, 2.05) is 11.7 Å². The number of benzene rings is 2.